The fraction of sp³-hybridized carbons (Fsp3) is 0.412. The molecule has 1 amide bonds. The number of amides is 1. The maximum Gasteiger partial charge on any atom is 0.330 e. The molecule has 3 N–H and O–H groups in total. The third-order valence-corrected chi connectivity index (χ3v) is 5.03. The van der Waals surface area contributed by atoms with Gasteiger partial charge in [-0.3, -0.25) is 0 Å². The Balaban J connectivity index is 0.000000508. The van der Waals surface area contributed by atoms with E-state index in [4.69, 9.17) is 9.99 Å². The summed E-state index contributed by atoms with van der Waals surface area (Å²) >= 11 is -4.83. The first-order chi connectivity index (χ1) is 11.9. The van der Waals surface area contributed by atoms with E-state index < -0.39 is 14.2 Å². The molecule has 0 saturated carbocycles. The Morgan fingerprint density at radius 3 is 2.38 bits per heavy atom. The third-order valence-electron chi connectivity index (χ3n) is 2.61. The maximum absolute atomic E-state index is 11.3. The zero-order valence-corrected chi connectivity index (χ0v) is 17.4. The first-order valence-corrected chi connectivity index (χ1v) is 11.1. The van der Waals surface area contributed by atoms with E-state index in [1.54, 1.807) is 13.0 Å². The van der Waals surface area contributed by atoms with E-state index in [0.717, 1.165) is 0 Å². The number of carbonyl (C=O) groups is 2. The van der Waals surface area contributed by atoms with Crippen LogP contribution in [0.5, 0.6) is 0 Å². The van der Waals surface area contributed by atoms with Crippen molar-refractivity contribution < 1.29 is 31.3 Å². The van der Waals surface area contributed by atoms with Gasteiger partial charge in [-0.2, -0.15) is 0 Å². The Labute approximate surface area is 156 Å². The standard InChI is InChI=1S/C9H16O2.C8H10AsNO5/c1-5-11-8(10)6-7-9(2,3)4;1-6(11)10-8-4-2-3-7(5-8)9(12,13)15-14/h6-7H,5H2,1-4H3;2-5,14H,1H3,(H,10,11)(H,12,13). The quantitative estimate of drug-likeness (QED) is 0.214. The number of rotatable bonds is 5. The van der Waals surface area contributed by atoms with E-state index in [-0.39, 0.29) is 21.6 Å². The number of allylic oxidation sites excluding steroid dienone is 1. The molecule has 0 aliphatic rings. The van der Waals surface area contributed by atoms with E-state index in [1.165, 1.54) is 31.2 Å². The summed E-state index contributed by atoms with van der Waals surface area (Å²) in [5, 5.41) is 10.7. The van der Waals surface area contributed by atoms with Gasteiger partial charge in [0.25, 0.3) is 0 Å². The van der Waals surface area contributed by atoms with Crippen molar-refractivity contribution in [3.8, 4) is 0 Å². The summed E-state index contributed by atoms with van der Waals surface area (Å²) in [4.78, 5) is 21.5. The minimum Gasteiger partial charge on any atom is -0.463 e. The number of ether oxygens (including phenoxy) is 1. The zero-order valence-electron chi connectivity index (χ0n) is 15.6. The molecule has 9 heteroatoms. The van der Waals surface area contributed by atoms with Crippen molar-refractivity contribution in [1.82, 2.24) is 0 Å². The summed E-state index contributed by atoms with van der Waals surface area (Å²) in [6, 6.07) is 5.64. The summed E-state index contributed by atoms with van der Waals surface area (Å²) in [5.74, 6) is -0.556. The molecule has 1 aromatic rings. The molecule has 1 atom stereocenters. The number of esters is 1. The van der Waals surface area contributed by atoms with Gasteiger partial charge in [0.2, 0.25) is 0 Å². The van der Waals surface area contributed by atoms with Crippen LogP contribution in [0.3, 0.4) is 0 Å². The van der Waals surface area contributed by atoms with Crippen molar-refractivity contribution in [2.75, 3.05) is 11.9 Å². The van der Waals surface area contributed by atoms with Gasteiger partial charge in [0, 0.05) is 6.08 Å². The van der Waals surface area contributed by atoms with E-state index in [1.807, 2.05) is 26.8 Å². The monoisotopic (exact) mass is 431 g/mol. The molecule has 0 heterocycles. The van der Waals surface area contributed by atoms with Gasteiger partial charge in [-0.05, 0) is 12.3 Å². The van der Waals surface area contributed by atoms with Gasteiger partial charge in [-0.15, -0.1) is 0 Å². The van der Waals surface area contributed by atoms with Crippen LogP contribution in [0.4, 0.5) is 5.69 Å². The molecule has 0 saturated heterocycles. The fourth-order valence-electron chi connectivity index (χ4n) is 1.52. The molecule has 1 aromatic carbocycles. The normalized spacial score (nSPS) is 13.3. The second-order valence-corrected chi connectivity index (χ2v) is 9.89. The van der Waals surface area contributed by atoms with Gasteiger partial charge in [0.05, 0.1) is 6.61 Å². The van der Waals surface area contributed by atoms with Crippen LogP contribution in [0.1, 0.15) is 34.6 Å². The Bertz CT molecular complexity index is 680. The van der Waals surface area contributed by atoms with Crippen LogP contribution in [0, 0.1) is 5.41 Å². The number of anilines is 1. The Kier molecular flexibility index (Phi) is 10.2. The van der Waals surface area contributed by atoms with Crippen molar-refractivity contribution >= 4 is 36.1 Å². The molecule has 1 unspecified atom stereocenters. The van der Waals surface area contributed by atoms with Gasteiger partial charge in [0.15, 0.2) is 0 Å². The molecule has 8 nitrogen and oxygen atoms in total. The van der Waals surface area contributed by atoms with Gasteiger partial charge >= 0.3 is 94.4 Å². The molecule has 0 aliphatic carbocycles. The van der Waals surface area contributed by atoms with Crippen LogP contribution >= 0.6 is 0 Å². The first-order valence-electron chi connectivity index (χ1n) is 7.81. The van der Waals surface area contributed by atoms with Crippen molar-refractivity contribution in [1.29, 1.82) is 0 Å². The van der Waals surface area contributed by atoms with Crippen molar-refractivity contribution in [2.45, 2.75) is 34.6 Å². The average molecular weight is 431 g/mol. The van der Waals surface area contributed by atoms with E-state index in [2.05, 4.69) is 9.19 Å². The van der Waals surface area contributed by atoms with Crippen LogP contribution in [0.2, 0.25) is 0 Å². The van der Waals surface area contributed by atoms with Gasteiger partial charge in [0.1, 0.15) is 0 Å². The topological polar surface area (TPSA) is 122 Å². The smallest absolute Gasteiger partial charge is 0.330 e. The Morgan fingerprint density at radius 1 is 1.31 bits per heavy atom. The third kappa shape index (κ3) is 10.9. The molecule has 0 aliphatic heterocycles. The van der Waals surface area contributed by atoms with Crippen LogP contribution in [-0.4, -0.2) is 42.0 Å². The van der Waals surface area contributed by atoms with Crippen LogP contribution in [0.25, 0.3) is 0 Å². The number of nitrogens with one attached hydrogen (secondary N) is 1. The van der Waals surface area contributed by atoms with Crippen LogP contribution in [-0.2, 0) is 21.9 Å². The number of carbonyl (C=O) groups excluding carboxylic acids is 2. The number of benzene rings is 1. The molecule has 0 spiro atoms. The molecule has 0 bridgehead atoms. The first kappa shape index (κ1) is 24.1. The molecule has 146 valence electrons. The number of hydrogen-bond donors (Lipinski definition) is 3. The second kappa shape index (κ2) is 11.0. The minimum absolute atomic E-state index is 0.0399. The molecule has 26 heavy (non-hydrogen) atoms. The minimum atomic E-state index is -4.83. The van der Waals surface area contributed by atoms with E-state index >= 15 is 0 Å². The predicted molar refractivity (Wildman–Crippen MR) is 98.0 cm³/mol. The average Bonchev–Trinajstić information content (AvgIpc) is 2.53. The van der Waals surface area contributed by atoms with Gasteiger partial charge < -0.3 is 4.74 Å². The summed E-state index contributed by atoms with van der Waals surface area (Å²) in [7, 11) is 0. The molecular weight excluding hydrogens is 405 g/mol. The van der Waals surface area contributed by atoms with Crippen molar-refractivity contribution in [3.05, 3.63) is 36.4 Å². The largest absolute Gasteiger partial charge is 0.463 e. The van der Waals surface area contributed by atoms with Crippen molar-refractivity contribution in [3.63, 3.8) is 0 Å². The Morgan fingerprint density at radius 2 is 1.92 bits per heavy atom. The summed E-state index contributed by atoms with van der Waals surface area (Å²) in [6.45, 7) is 9.64. The molecular formula is C17H26AsNO7. The maximum atomic E-state index is 11.3. The molecule has 0 radical (unpaired) electrons. The molecule has 0 aromatic heterocycles. The summed E-state index contributed by atoms with van der Waals surface area (Å²) < 4.78 is 28.7. The molecule has 1 rings (SSSR count). The SMILES string of the molecule is CC(=O)Nc1cccc([As](=O)(O)OO)c1.CCOC(=O)C=CC(C)(C)C. The molecule has 0 fully saturated rings. The summed E-state index contributed by atoms with van der Waals surface area (Å²) in [6.07, 6.45) is 3.31. The zero-order chi connectivity index (χ0) is 20.4. The van der Waals surface area contributed by atoms with Crippen molar-refractivity contribution in [2.24, 2.45) is 5.41 Å². The summed E-state index contributed by atoms with van der Waals surface area (Å²) in [5.41, 5.74) is 0.417. The van der Waals surface area contributed by atoms with Crippen LogP contribution < -0.4 is 9.67 Å². The van der Waals surface area contributed by atoms with Crippen LogP contribution in [0.15, 0.2) is 36.4 Å². The van der Waals surface area contributed by atoms with E-state index in [9.17, 15) is 17.4 Å². The number of hydrogen-bond acceptors (Lipinski definition) is 6. The van der Waals surface area contributed by atoms with E-state index in [0.29, 0.717) is 12.3 Å². The fourth-order valence-corrected chi connectivity index (χ4v) is 2.93. The second-order valence-electron chi connectivity index (χ2n) is 6.28. The Hall–Kier alpha value is -1.86. The van der Waals surface area contributed by atoms with Gasteiger partial charge in [-0.25, -0.2) is 4.79 Å². The van der Waals surface area contributed by atoms with Gasteiger partial charge in [-0.1, -0.05) is 26.8 Å². The predicted octanol–water partition coefficient (Wildman–Crippen LogP) is 1.86.